The predicted octanol–water partition coefficient (Wildman–Crippen LogP) is 3.57. The van der Waals surface area contributed by atoms with Gasteiger partial charge in [0.25, 0.3) is 0 Å². The minimum Gasteiger partial charge on any atom is -0.443 e. The van der Waals surface area contributed by atoms with Gasteiger partial charge in [-0.1, -0.05) is 30.3 Å². The van der Waals surface area contributed by atoms with Crippen LogP contribution in [0, 0.1) is 0 Å². The van der Waals surface area contributed by atoms with Crippen molar-refractivity contribution in [2.24, 2.45) is 0 Å². The van der Waals surface area contributed by atoms with E-state index < -0.39 is 17.8 Å². The van der Waals surface area contributed by atoms with Crippen LogP contribution in [-0.4, -0.2) is 40.4 Å². The van der Waals surface area contributed by atoms with Crippen molar-refractivity contribution in [1.29, 1.82) is 0 Å². The molecule has 0 spiro atoms. The van der Waals surface area contributed by atoms with Crippen LogP contribution in [0.5, 0.6) is 0 Å². The van der Waals surface area contributed by atoms with Crippen molar-refractivity contribution in [3.05, 3.63) is 35.9 Å². The molecule has 0 aliphatic carbocycles. The van der Waals surface area contributed by atoms with E-state index >= 15 is 0 Å². The quantitative estimate of drug-likeness (QED) is 0.836. The highest BCUT2D eigenvalue weighted by atomic mass is 16.6. The normalized spacial score (nSPS) is 18.0. The van der Waals surface area contributed by atoms with Crippen LogP contribution in [0.2, 0.25) is 0 Å². The molecular formula is C17H24N2O4. The largest absolute Gasteiger partial charge is 0.443 e. The van der Waals surface area contributed by atoms with E-state index in [1.165, 1.54) is 10.0 Å². The lowest BCUT2D eigenvalue weighted by Crippen LogP contribution is -2.49. The third-order valence-electron chi connectivity index (χ3n) is 3.43. The number of hydrazine groups is 1. The maximum absolute atomic E-state index is 12.3. The summed E-state index contributed by atoms with van der Waals surface area (Å²) in [5.41, 5.74) is 0.288. The first-order valence-corrected chi connectivity index (χ1v) is 7.78. The molecule has 1 saturated heterocycles. The standard InChI is InChI=1S/C17H24N2O4/c1-13-10-11-18(19(13)16(21)23-17(2,3)4)15(20)22-12-14-8-6-5-7-9-14/h5-9,13H,10-12H2,1-4H3. The van der Waals surface area contributed by atoms with Gasteiger partial charge in [-0.05, 0) is 39.7 Å². The summed E-state index contributed by atoms with van der Waals surface area (Å²) in [4.78, 5) is 24.6. The highest BCUT2D eigenvalue weighted by Crippen LogP contribution is 2.22. The number of carbonyl (C=O) groups excluding carboxylic acids is 2. The fourth-order valence-corrected chi connectivity index (χ4v) is 2.34. The smallest absolute Gasteiger partial charge is 0.429 e. The summed E-state index contributed by atoms with van der Waals surface area (Å²) in [7, 11) is 0. The molecule has 2 amide bonds. The molecule has 1 atom stereocenters. The molecule has 0 bridgehead atoms. The minimum atomic E-state index is -0.612. The zero-order valence-corrected chi connectivity index (χ0v) is 14.1. The summed E-state index contributed by atoms with van der Waals surface area (Å²) in [6.07, 6.45) is -0.372. The van der Waals surface area contributed by atoms with Crippen LogP contribution >= 0.6 is 0 Å². The average molecular weight is 320 g/mol. The van der Waals surface area contributed by atoms with Crippen LogP contribution in [0.25, 0.3) is 0 Å². The van der Waals surface area contributed by atoms with Gasteiger partial charge in [-0.2, -0.15) is 0 Å². The SMILES string of the molecule is CC1CCN(C(=O)OCc2ccccc2)N1C(=O)OC(C)(C)C. The molecular weight excluding hydrogens is 296 g/mol. The summed E-state index contributed by atoms with van der Waals surface area (Å²) < 4.78 is 10.7. The van der Waals surface area contributed by atoms with E-state index in [1.54, 1.807) is 20.8 Å². The summed E-state index contributed by atoms with van der Waals surface area (Å²) in [5.74, 6) is 0. The zero-order valence-electron chi connectivity index (χ0n) is 14.1. The van der Waals surface area contributed by atoms with Gasteiger partial charge in [-0.15, -0.1) is 0 Å². The molecule has 1 aromatic carbocycles. The Morgan fingerprint density at radius 3 is 2.43 bits per heavy atom. The maximum atomic E-state index is 12.3. The van der Waals surface area contributed by atoms with Crippen molar-refractivity contribution < 1.29 is 19.1 Å². The fourth-order valence-electron chi connectivity index (χ4n) is 2.34. The van der Waals surface area contributed by atoms with Crippen molar-refractivity contribution in [1.82, 2.24) is 10.0 Å². The number of rotatable bonds is 2. The number of carbonyl (C=O) groups is 2. The summed E-state index contributed by atoms with van der Waals surface area (Å²) in [6, 6.07) is 9.32. The molecule has 1 aromatic rings. The van der Waals surface area contributed by atoms with Crippen molar-refractivity contribution >= 4 is 12.2 Å². The Balaban J connectivity index is 1.99. The first-order valence-electron chi connectivity index (χ1n) is 7.78. The lowest BCUT2D eigenvalue weighted by atomic mass is 10.2. The molecule has 0 radical (unpaired) electrons. The summed E-state index contributed by atoms with van der Waals surface area (Å²) in [6.45, 7) is 7.88. The van der Waals surface area contributed by atoms with Crippen LogP contribution in [0.4, 0.5) is 9.59 Å². The molecule has 23 heavy (non-hydrogen) atoms. The van der Waals surface area contributed by atoms with Gasteiger partial charge in [0.15, 0.2) is 0 Å². The Morgan fingerprint density at radius 1 is 1.17 bits per heavy atom. The van der Waals surface area contributed by atoms with Gasteiger partial charge in [-0.25, -0.2) is 19.6 Å². The van der Waals surface area contributed by atoms with Crippen molar-refractivity contribution in [2.75, 3.05) is 6.54 Å². The predicted molar refractivity (Wildman–Crippen MR) is 85.5 cm³/mol. The Morgan fingerprint density at radius 2 is 1.83 bits per heavy atom. The molecule has 6 nitrogen and oxygen atoms in total. The highest BCUT2D eigenvalue weighted by Gasteiger charge is 2.39. The molecule has 1 aliphatic rings. The third-order valence-corrected chi connectivity index (χ3v) is 3.43. The lowest BCUT2D eigenvalue weighted by Gasteiger charge is -2.32. The van der Waals surface area contributed by atoms with Gasteiger partial charge >= 0.3 is 12.2 Å². The number of ether oxygens (including phenoxy) is 2. The van der Waals surface area contributed by atoms with Crippen LogP contribution in [0.3, 0.4) is 0 Å². The Bertz CT molecular complexity index is 553. The van der Waals surface area contributed by atoms with Crippen LogP contribution in [-0.2, 0) is 16.1 Å². The van der Waals surface area contributed by atoms with Gasteiger partial charge < -0.3 is 9.47 Å². The molecule has 126 valence electrons. The Kier molecular flexibility index (Phi) is 5.13. The summed E-state index contributed by atoms with van der Waals surface area (Å²) in [5, 5.41) is 2.67. The van der Waals surface area contributed by atoms with E-state index in [2.05, 4.69) is 0 Å². The van der Waals surface area contributed by atoms with Crippen molar-refractivity contribution in [3.8, 4) is 0 Å². The van der Waals surface area contributed by atoms with Crippen molar-refractivity contribution in [3.63, 3.8) is 0 Å². The van der Waals surface area contributed by atoms with E-state index in [4.69, 9.17) is 9.47 Å². The second-order valence-electron chi connectivity index (χ2n) is 6.63. The van der Waals surface area contributed by atoms with E-state index in [0.717, 1.165) is 5.56 Å². The molecule has 0 N–H and O–H groups in total. The van der Waals surface area contributed by atoms with Crippen molar-refractivity contribution in [2.45, 2.75) is 52.4 Å². The molecule has 1 heterocycles. The topological polar surface area (TPSA) is 59.1 Å². The summed E-state index contributed by atoms with van der Waals surface area (Å²) >= 11 is 0. The van der Waals surface area contributed by atoms with Gasteiger partial charge in [0.05, 0.1) is 6.04 Å². The fraction of sp³-hybridized carbons (Fsp3) is 0.529. The monoisotopic (exact) mass is 320 g/mol. The number of hydrogen-bond acceptors (Lipinski definition) is 4. The molecule has 1 fully saturated rings. The lowest BCUT2D eigenvalue weighted by molar-refractivity contribution is -0.0371. The maximum Gasteiger partial charge on any atom is 0.429 e. The number of nitrogens with zero attached hydrogens (tertiary/aromatic N) is 2. The Hall–Kier alpha value is -2.24. The van der Waals surface area contributed by atoms with Gasteiger partial charge in [0, 0.05) is 6.54 Å². The van der Waals surface area contributed by atoms with E-state index in [0.29, 0.717) is 13.0 Å². The second kappa shape index (κ2) is 6.89. The number of hydrogen-bond donors (Lipinski definition) is 0. The minimum absolute atomic E-state index is 0.103. The Labute approximate surface area is 136 Å². The van der Waals surface area contributed by atoms with E-state index in [1.807, 2.05) is 37.3 Å². The second-order valence-corrected chi connectivity index (χ2v) is 6.63. The third kappa shape index (κ3) is 4.61. The van der Waals surface area contributed by atoms with Gasteiger partial charge in [0.1, 0.15) is 12.2 Å². The molecule has 2 rings (SSSR count). The molecule has 6 heteroatoms. The zero-order chi connectivity index (χ0) is 17.0. The molecule has 0 aromatic heterocycles. The first-order chi connectivity index (χ1) is 10.8. The van der Waals surface area contributed by atoms with Crippen LogP contribution in [0.1, 0.15) is 39.7 Å². The van der Waals surface area contributed by atoms with Gasteiger partial charge in [0.2, 0.25) is 0 Å². The van der Waals surface area contributed by atoms with E-state index in [-0.39, 0.29) is 12.6 Å². The van der Waals surface area contributed by atoms with Crippen LogP contribution in [0.15, 0.2) is 30.3 Å². The number of amides is 2. The highest BCUT2D eigenvalue weighted by molar-refractivity contribution is 5.75. The molecule has 1 aliphatic heterocycles. The molecule has 0 saturated carbocycles. The van der Waals surface area contributed by atoms with E-state index in [9.17, 15) is 9.59 Å². The van der Waals surface area contributed by atoms with Gasteiger partial charge in [-0.3, -0.25) is 0 Å². The average Bonchev–Trinajstić information content (AvgIpc) is 2.86. The van der Waals surface area contributed by atoms with Crippen LogP contribution < -0.4 is 0 Å². The first kappa shape index (κ1) is 17.1. The molecule has 1 unspecified atom stereocenters. The number of benzene rings is 1.